The van der Waals surface area contributed by atoms with E-state index in [2.05, 4.69) is 30.8 Å². The Morgan fingerprint density at radius 1 is 0.682 bits per heavy atom. The zero-order chi connectivity index (χ0) is 31.1. The van der Waals surface area contributed by atoms with E-state index in [-0.39, 0.29) is 26.4 Å². The van der Waals surface area contributed by atoms with E-state index in [9.17, 15) is 19.8 Å². The van der Waals surface area contributed by atoms with Crippen molar-refractivity contribution in [2.24, 2.45) is 0 Å². The van der Waals surface area contributed by atoms with Gasteiger partial charge in [0.15, 0.2) is 0 Å². The van der Waals surface area contributed by atoms with Crippen molar-refractivity contribution in [2.75, 3.05) is 26.4 Å². The largest absolute Gasteiger partial charge is 0.491 e. The molecule has 0 saturated heterocycles. The molecule has 0 fully saturated rings. The Labute approximate surface area is 256 Å². The van der Waals surface area contributed by atoms with Gasteiger partial charge < -0.3 is 29.2 Å². The van der Waals surface area contributed by atoms with Crippen molar-refractivity contribution < 1.29 is 38.7 Å². The summed E-state index contributed by atoms with van der Waals surface area (Å²) in [6.07, 6.45) is -0.884. The Morgan fingerprint density at radius 3 is 1.55 bits per heavy atom. The fourth-order valence-electron chi connectivity index (χ4n) is 5.56. The molecular weight excluding hydrogens is 560 g/mol. The van der Waals surface area contributed by atoms with Gasteiger partial charge in [0.1, 0.15) is 50.1 Å². The van der Waals surface area contributed by atoms with Gasteiger partial charge in [-0.05, 0) is 57.6 Å². The fraction of sp³-hybridized carbons (Fsp3) is 0.222. The molecule has 0 saturated carbocycles. The lowest BCUT2D eigenvalue weighted by Crippen LogP contribution is -2.28. The number of carbonyl (C=O) groups excluding carboxylic acids is 2. The van der Waals surface area contributed by atoms with Crippen LogP contribution in [0.3, 0.4) is 0 Å². The Kier molecular flexibility index (Phi) is 9.43. The number of fused-ring (bicyclic) bond motifs is 3. The summed E-state index contributed by atoms with van der Waals surface area (Å²) < 4.78 is 21.3. The third-order valence-corrected chi connectivity index (χ3v) is 7.48. The Morgan fingerprint density at radius 2 is 1.11 bits per heavy atom. The van der Waals surface area contributed by atoms with Crippen molar-refractivity contribution in [3.05, 3.63) is 132 Å². The van der Waals surface area contributed by atoms with E-state index < -0.39 is 29.6 Å². The maximum Gasteiger partial charge on any atom is 0.330 e. The summed E-state index contributed by atoms with van der Waals surface area (Å²) in [6, 6.07) is 32.3. The average Bonchev–Trinajstić information content (AvgIpc) is 3.36. The van der Waals surface area contributed by atoms with Crippen LogP contribution in [0.15, 0.2) is 110 Å². The molecule has 0 heterocycles. The number of aliphatic hydroxyl groups excluding tert-OH is 2. The molecule has 226 valence electrons. The number of esters is 2. The highest BCUT2D eigenvalue weighted by molar-refractivity contribution is 5.86. The molecule has 2 unspecified atom stereocenters. The number of aliphatic hydroxyl groups is 2. The van der Waals surface area contributed by atoms with E-state index in [1.165, 1.54) is 6.92 Å². The molecule has 8 heteroatoms. The summed E-state index contributed by atoms with van der Waals surface area (Å²) in [4.78, 5) is 22.3. The van der Waals surface area contributed by atoms with Crippen molar-refractivity contribution >= 4 is 11.9 Å². The maximum absolute atomic E-state index is 11.3. The highest BCUT2D eigenvalue weighted by Crippen LogP contribution is 2.56. The van der Waals surface area contributed by atoms with E-state index in [4.69, 9.17) is 18.9 Å². The second-order valence-electron chi connectivity index (χ2n) is 10.5. The first-order valence-electron chi connectivity index (χ1n) is 14.3. The van der Waals surface area contributed by atoms with E-state index in [1.807, 2.05) is 72.8 Å². The minimum Gasteiger partial charge on any atom is -0.491 e. The number of hydrogen-bond acceptors (Lipinski definition) is 8. The van der Waals surface area contributed by atoms with Gasteiger partial charge in [-0.1, -0.05) is 79.4 Å². The predicted octanol–water partition coefficient (Wildman–Crippen LogP) is 4.82. The van der Waals surface area contributed by atoms with Gasteiger partial charge in [0, 0.05) is 13.0 Å². The number of rotatable bonds is 13. The molecule has 5 rings (SSSR count). The van der Waals surface area contributed by atoms with Crippen LogP contribution in [-0.2, 0) is 24.5 Å². The standard InChI is InChI=1S/C36H34O8/c1-3-35(40)44-23-28(39)22-43-30-18-14-26(15-19-30)36(33-10-6-4-8-31(33)32-9-5-7-11-34(32)36)25-12-16-29(17-13-25)42-21-27(38)20-41-24(2)37/h3-19,27-28,38-39H,1,20-23H2,2H3. The highest BCUT2D eigenvalue weighted by Gasteiger charge is 2.45. The lowest BCUT2D eigenvalue weighted by molar-refractivity contribution is -0.144. The normalized spacial score (nSPS) is 14.0. The molecule has 0 aliphatic heterocycles. The Bertz CT molecular complexity index is 1560. The number of benzene rings is 4. The Balaban J connectivity index is 1.45. The van der Waals surface area contributed by atoms with E-state index in [0.717, 1.165) is 39.5 Å². The Hall–Kier alpha value is -4.92. The first-order chi connectivity index (χ1) is 21.3. The molecule has 0 amide bonds. The number of carbonyl (C=O) groups is 2. The molecule has 44 heavy (non-hydrogen) atoms. The summed E-state index contributed by atoms with van der Waals surface area (Å²) in [7, 11) is 0. The lowest BCUT2D eigenvalue weighted by Gasteiger charge is -2.34. The molecule has 0 bridgehead atoms. The minimum atomic E-state index is -0.984. The zero-order valence-corrected chi connectivity index (χ0v) is 24.3. The van der Waals surface area contributed by atoms with Crippen LogP contribution in [0.4, 0.5) is 0 Å². The van der Waals surface area contributed by atoms with Crippen molar-refractivity contribution in [3.63, 3.8) is 0 Å². The summed E-state index contributed by atoms with van der Waals surface area (Å²) in [5.74, 6) is 0.0758. The van der Waals surface area contributed by atoms with Crippen LogP contribution >= 0.6 is 0 Å². The summed E-state index contributed by atoms with van der Waals surface area (Å²) in [5, 5.41) is 20.2. The van der Waals surface area contributed by atoms with Gasteiger partial charge in [0.2, 0.25) is 0 Å². The van der Waals surface area contributed by atoms with Crippen molar-refractivity contribution in [2.45, 2.75) is 24.5 Å². The van der Waals surface area contributed by atoms with Gasteiger partial charge in [-0.3, -0.25) is 4.79 Å². The van der Waals surface area contributed by atoms with Crippen molar-refractivity contribution in [1.82, 2.24) is 0 Å². The summed E-state index contributed by atoms with van der Waals surface area (Å²) in [6.45, 7) is 4.25. The minimum absolute atomic E-state index is 0.0176. The summed E-state index contributed by atoms with van der Waals surface area (Å²) >= 11 is 0. The molecule has 4 aromatic carbocycles. The first-order valence-corrected chi connectivity index (χ1v) is 14.3. The van der Waals surface area contributed by atoms with Crippen molar-refractivity contribution in [1.29, 1.82) is 0 Å². The number of ether oxygens (including phenoxy) is 4. The van der Waals surface area contributed by atoms with Crippen LogP contribution in [0.1, 0.15) is 29.2 Å². The third-order valence-electron chi connectivity index (χ3n) is 7.48. The van der Waals surface area contributed by atoms with Gasteiger partial charge >= 0.3 is 11.9 Å². The molecular formula is C36H34O8. The first kappa shape index (κ1) is 30.5. The molecule has 4 aromatic rings. The molecule has 0 aromatic heterocycles. The average molecular weight is 595 g/mol. The zero-order valence-electron chi connectivity index (χ0n) is 24.3. The van der Waals surface area contributed by atoms with Gasteiger partial charge in [-0.25, -0.2) is 4.79 Å². The molecule has 2 N–H and O–H groups in total. The van der Waals surface area contributed by atoms with Crippen LogP contribution in [0, 0.1) is 0 Å². The van der Waals surface area contributed by atoms with Gasteiger partial charge in [0.05, 0.1) is 5.41 Å². The second-order valence-corrected chi connectivity index (χ2v) is 10.5. The molecule has 0 radical (unpaired) electrons. The van der Waals surface area contributed by atoms with E-state index >= 15 is 0 Å². The lowest BCUT2D eigenvalue weighted by atomic mass is 9.68. The topological polar surface area (TPSA) is 112 Å². The van der Waals surface area contributed by atoms with E-state index in [1.54, 1.807) is 0 Å². The van der Waals surface area contributed by atoms with E-state index in [0.29, 0.717) is 11.5 Å². The van der Waals surface area contributed by atoms with Gasteiger partial charge in [-0.2, -0.15) is 0 Å². The summed E-state index contributed by atoms with van der Waals surface area (Å²) in [5.41, 5.74) is 5.98. The highest BCUT2D eigenvalue weighted by atomic mass is 16.6. The van der Waals surface area contributed by atoms with Crippen LogP contribution in [0.25, 0.3) is 11.1 Å². The van der Waals surface area contributed by atoms with Crippen LogP contribution < -0.4 is 9.47 Å². The predicted molar refractivity (Wildman–Crippen MR) is 165 cm³/mol. The van der Waals surface area contributed by atoms with Gasteiger partial charge in [0.25, 0.3) is 0 Å². The quantitative estimate of drug-likeness (QED) is 0.147. The van der Waals surface area contributed by atoms with Gasteiger partial charge in [-0.15, -0.1) is 0 Å². The molecule has 1 aliphatic carbocycles. The molecule has 1 aliphatic rings. The second kappa shape index (κ2) is 13.6. The third kappa shape index (κ3) is 6.37. The van der Waals surface area contributed by atoms with Crippen LogP contribution in [-0.4, -0.2) is 60.8 Å². The fourth-order valence-corrected chi connectivity index (χ4v) is 5.56. The van der Waals surface area contributed by atoms with Crippen LogP contribution in [0.2, 0.25) is 0 Å². The monoisotopic (exact) mass is 594 g/mol. The molecule has 2 atom stereocenters. The molecule has 8 nitrogen and oxygen atoms in total. The van der Waals surface area contributed by atoms with Crippen LogP contribution in [0.5, 0.6) is 11.5 Å². The number of hydrogen-bond donors (Lipinski definition) is 2. The molecule has 0 spiro atoms. The maximum atomic E-state index is 11.3. The SMILES string of the molecule is C=CC(=O)OCC(O)COc1ccc(C2(c3ccc(OCC(O)COC(C)=O)cc3)c3ccccc3-c3ccccc32)cc1. The smallest absolute Gasteiger partial charge is 0.330 e. The van der Waals surface area contributed by atoms with Crippen molar-refractivity contribution in [3.8, 4) is 22.6 Å².